The second kappa shape index (κ2) is 6.36. The van der Waals surface area contributed by atoms with Gasteiger partial charge in [0.2, 0.25) is 11.8 Å². The molecule has 1 fully saturated rings. The van der Waals surface area contributed by atoms with Crippen LogP contribution >= 0.6 is 0 Å². The van der Waals surface area contributed by atoms with E-state index in [2.05, 4.69) is 11.4 Å². The molecule has 0 aromatic carbocycles. The molecule has 0 saturated carbocycles. The minimum absolute atomic E-state index is 0.0169. The van der Waals surface area contributed by atoms with Gasteiger partial charge >= 0.3 is 0 Å². The van der Waals surface area contributed by atoms with E-state index in [1.54, 1.807) is 7.05 Å². The SMILES string of the molecule is CCNC(=O)CN(C)C(=O)C1(C#N)CCOCC1. The maximum atomic E-state index is 12.3. The summed E-state index contributed by atoms with van der Waals surface area (Å²) in [5.41, 5.74) is -1.03. The van der Waals surface area contributed by atoms with E-state index in [4.69, 9.17) is 4.74 Å². The molecule has 0 aromatic rings. The van der Waals surface area contributed by atoms with Crippen molar-refractivity contribution in [1.29, 1.82) is 5.26 Å². The van der Waals surface area contributed by atoms with Gasteiger partial charge < -0.3 is 15.0 Å². The number of carbonyl (C=O) groups is 2. The van der Waals surface area contributed by atoms with E-state index in [0.717, 1.165) is 0 Å². The van der Waals surface area contributed by atoms with Crippen molar-refractivity contribution in [1.82, 2.24) is 10.2 Å². The molecule has 1 N–H and O–H groups in total. The van der Waals surface area contributed by atoms with Gasteiger partial charge in [0.05, 0.1) is 12.6 Å². The van der Waals surface area contributed by atoms with Gasteiger partial charge in [0.15, 0.2) is 0 Å². The van der Waals surface area contributed by atoms with Gasteiger partial charge in [-0.25, -0.2) is 0 Å². The number of amides is 2. The predicted molar refractivity (Wildman–Crippen MR) is 64.4 cm³/mol. The lowest BCUT2D eigenvalue weighted by atomic mass is 9.80. The van der Waals surface area contributed by atoms with Crippen molar-refractivity contribution in [2.45, 2.75) is 19.8 Å². The fraction of sp³-hybridized carbons (Fsp3) is 0.750. The maximum Gasteiger partial charge on any atom is 0.243 e. The second-order valence-corrected chi connectivity index (χ2v) is 4.42. The van der Waals surface area contributed by atoms with Crippen LogP contribution in [0.5, 0.6) is 0 Å². The van der Waals surface area contributed by atoms with Gasteiger partial charge in [0.1, 0.15) is 5.41 Å². The molecule has 18 heavy (non-hydrogen) atoms. The summed E-state index contributed by atoms with van der Waals surface area (Å²) in [5.74, 6) is -0.506. The normalized spacial score (nSPS) is 17.6. The lowest BCUT2D eigenvalue weighted by Gasteiger charge is -2.32. The van der Waals surface area contributed by atoms with E-state index < -0.39 is 5.41 Å². The van der Waals surface area contributed by atoms with Crippen molar-refractivity contribution in [2.24, 2.45) is 5.41 Å². The van der Waals surface area contributed by atoms with Crippen LogP contribution in [0.1, 0.15) is 19.8 Å². The summed E-state index contributed by atoms with van der Waals surface area (Å²) in [6, 6.07) is 2.10. The number of carbonyl (C=O) groups excluding carboxylic acids is 2. The lowest BCUT2D eigenvalue weighted by molar-refractivity contribution is -0.144. The quantitative estimate of drug-likeness (QED) is 0.758. The molecule has 100 valence electrons. The third-order valence-corrected chi connectivity index (χ3v) is 3.07. The monoisotopic (exact) mass is 253 g/mol. The predicted octanol–water partition coefficient (Wildman–Crippen LogP) is -0.0987. The van der Waals surface area contributed by atoms with Crippen molar-refractivity contribution >= 4 is 11.8 Å². The Morgan fingerprint density at radius 2 is 2.06 bits per heavy atom. The van der Waals surface area contributed by atoms with Crippen LogP contribution in [-0.2, 0) is 14.3 Å². The fourth-order valence-electron chi connectivity index (χ4n) is 2.00. The number of likely N-dealkylation sites (N-methyl/N-ethyl adjacent to an activating group) is 2. The van der Waals surface area contributed by atoms with Gasteiger partial charge in [0.25, 0.3) is 0 Å². The van der Waals surface area contributed by atoms with Gasteiger partial charge in [-0.2, -0.15) is 5.26 Å². The minimum Gasteiger partial charge on any atom is -0.381 e. The van der Waals surface area contributed by atoms with Crippen molar-refractivity contribution < 1.29 is 14.3 Å². The first-order valence-electron chi connectivity index (χ1n) is 6.07. The third-order valence-electron chi connectivity index (χ3n) is 3.07. The Kier molecular flexibility index (Phi) is 5.10. The van der Waals surface area contributed by atoms with Gasteiger partial charge in [-0.15, -0.1) is 0 Å². The first-order valence-corrected chi connectivity index (χ1v) is 6.07. The zero-order valence-electron chi connectivity index (χ0n) is 10.9. The molecule has 0 atom stereocenters. The number of hydrogen-bond acceptors (Lipinski definition) is 4. The summed E-state index contributed by atoms with van der Waals surface area (Å²) in [4.78, 5) is 25.0. The molecule has 1 rings (SSSR count). The summed E-state index contributed by atoms with van der Waals surface area (Å²) >= 11 is 0. The molecule has 0 radical (unpaired) electrons. The van der Waals surface area contributed by atoms with E-state index >= 15 is 0 Å². The highest BCUT2D eigenvalue weighted by Gasteiger charge is 2.42. The first-order chi connectivity index (χ1) is 8.55. The van der Waals surface area contributed by atoms with Gasteiger partial charge in [-0.3, -0.25) is 9.59 Å². The Bertz CT molecular complexity index is 356. The van der Waals surface area contributed by atoms with Crippen LogP contribution in [0, 0.1) is 16.7 Å². The molecule has 1 aliphatic rings. The topological polar surface area (TPSA) is 82.4 Å². The van der Waals surface area contributed by atoms with Crippen LogP contribution in [0.25, 0.3) is 0 Å². The Labute approximate surface area is 107 Å². The Morgan fingerprint density at radius 1 is 1.44 bits per heavy atom. The van der Waals surface area contributed by atoms with Crippen LogP contribution < -0.4 is 5.32 Å². The number of rotatable bonds is 4. The second-order valence-electron chi connectivity index (χ2n) is 4.42. The number of nitrogens with zero attached hydrogens (tertiary/aromatic N) is 2. The van der Waals surface area contributed by atoms with E-state index in [1.165, 1.54) is 4.90 Å². The number of hydrogen-bond donors (Lipinski definition) is 1. The van der Waals surface area contributed by atoms with E-state index in [1.807, 2.05) is 6.92 Å². The largest absolute Gasteiger partial charge is 0.381 e. The third kappa shape index (κ3) is 3.20. The first kappa shape index (κ1) is 14.5. The molecule has 1 saturated heterocycles. The fourth-order valence-corrected chi connectivity index (χ4v) is 2.00. The van der Waals surface area contributed by atoms with E-state index in [0.29, 0.717) is 32.6 Å². The Hall–Kier alpha value is -1.61. The van der Waals surface area contributed by atoms with Crippen molar-refractivity contribution in [2.75, 3.05) is 33.4 Å². The smallest absolute Gasteiger partial charge is 0.243 e. The van der Waals surface area contributed by atoms with Crippen LogP contribution in [-0.4, -0.2) is 50.1 Å². The molecular formula is C12H19N3O3. The zero-order valence-corrected chi connectivity index (χ0v) is 10.9. The molecule has 0 aromatic heterocycles. The Morgan fingerprint density at radius 3 is 2.56 bits per heavy atom. The summed E-state index contributed by atoms with van der Waals surface area (Å²) < 4.78 is 5.18. The van der Waals surface area contributed by atoms with Gasteiger partial charge in [-0.05, 0) is 19.8 Å². The lowest BCUT2D eigenvalue weighted by Crippen LogP contribution is -2.47. The van der Waals surface area contributed by atoms with Crippen molar-refractivity contribution in [3.63, 3.8) is 0 Å². The summed E-state index contributed by atoms with van der Waals surface area (Å²) in [6.07, 6.45) is 0.782. The van der Waals surface area contributed by atoms with Crippen molar-refractivity contribution in [3.05, 3.63) is 0 Å². The standard InChI is InChI=1S/C12H19N3O3/c1-3-14-10(16)8-15(2)11(17)12(9-13)4-6-18-7-5-12/h3-8H2,1-2H3,(H,14,16). The summed E-state index contributed by atoms with van der Waals surface area (Å²) in [5, 5.41) is 11.9. The number of ether oxygens (including phenoxy) is 1. The molecule has 0 bridgehead atoms. The zero-order chi connectivity index (χ0) is 13.6. The molecule has 1 aliphatic heterocycles. The van der Waals surface area contributed by atoms with Crippen LogP contribution in [0.4, 0.5) is 0 Å². The molecule has 0 unspecified atom stereocenters. The molecule has 0 spiro atoms. The molecule has 1 heterocycles. The van der Waals surface area contributed by atoms with Gasteiger partial charge in [-0.1, -0.05) is 0 Å². The maximum absolute atomic E-state index is 12.3. The van der Waals surface area contributed by atoms with E-state index in [9.17, 15) is 14.9 Å². The molecular weight excluding hydrogens is 234 g/mol. The number of nitrogens with one attached hydrogen (secondary N) is 1. The van der Waals surface area contributed by atoms with Crippen LogP contribution in [0.15, 0.2) is 0 Å². The minimum atomic E-state index is -1.03. The molecule has 0 aliphatic carbocycles. The average molecular weight is 253 g/mol. The highest BCUT2D eigenvalue weighted by Crippen LogP contribution is 2.31. The summed E-state index contributed by atoms with van der Waals surface area (Å²) in [7, 11) is 1.55. The van der Waals surface area contributed by atoms with Crippen LogP contribution in [0.3, 0.4) is 0 Å². The highest BCUT2D eigenvalue weighted by atomic mass is 16.5. The van der Waals surface area contributed by atoms with Crippen molar-refractivity contribution in [3.8, 4) is 6.07 Å². The molecule has 6 heteroatoms. The highest BCUT2D eigenvalue weighted by molar-refractivity contribution is 5.89. The van der Waals surface area contributed by atoms with Gasteiger partial charge in [0, 0.05) is 26.8 Å². The molecule has 2 amide bonds. The van der Waals surface area contributed by atoms with Crippen LogP contribution in [0.2, 0.25) is 0 Å². The Balaban J connectivity index is 2.66. The van der Waals surface area contributed by atoms with E-state index in [-0.39, 0.29) is 18.4 Å². The summed E-state index contributed by atoms with van der Waals surface area (Å²) in [6.45, 7) is 3.15. The number of nitriles is 1. The molecule has 6 nitrogen and oxygen atoms in total. The average Bonchev–Trinajstić information content (AvgIpc) is 2.38.